The van der Waals surface area contributed by atoms with Crippen molar-refractivity contribution in [1.29, 1.82) is 0 Å². The summed E-state index contributed by atoms with van der Waals surface area (Å²) in [6.07, 6.45) is 5.01. The predicted octanol–water partition coefficient (Wildman–Crippen LogP) is 2.84. The number of aromatic nitrogens is 3. The number of nitrogens with zero attached hydrogens (tertiary/aromatic N) is 2. The molecule has 0 bridgehead atoms. The van der Waals surface area contributed by atoms with Gasteiger partial charge in [0.2, 0.25) is 0 Å². The van der Waals surface area contributed by atoms with Crippen LogP contribution in [0.2, 0.25) is 0 Å². The minimum atomic E-state index is -0.0608. The van der Waals surface area contributed by atoms with Gasteiger partial charge in [-0.25, -0.2) is 9.97 Å². The number of H-pyrrole nitrogens is 1. The molecule has 3 N–H and O–H groups in total. The molecule has 3 rings (SSSR count). The Kier molecular flexibility index (Phi) is 3.18. The largest absolute Gasteiger partial charge is 0.392 e. The summed E-state index contributed by atoms with van der Waals surface area (Å²) in [5.41, 5.74) is 3.40. The minimum absolute atomic E-state index is 0.0608. The minimum Gasteiger partial charge on any atom is -0.392 e. The third-order valence-corrected chi connectivity index (χ3v) is 3.11. The first-order valence-corrected chi connectivity index (χ1v) is 6.23. The highest BCUT2D eigenvalue weighted by Crippen LogP contribution is 2.26. The lowest BCUT2D eigenvalue weighted by atomic mass is 10.2. The van der Waals surface area contributed by atoms with Crippen LogP contribution in [0.5, 0.6) is 0 Å². The van der Waals surface area contributed by atoms with Gasteiger partial charge in [0.05, 0.1) is 12.0 Å². The van der Waals surface area contributed by atoms with Gasteiger partial charge in [-0.15, -0.1) is 0 Å². The van der Waals surface area contributed by atoms with E-state index >= 15 is 0 Å². The highest BCUT2D eigenvalue weighted by molar-refractivity contribution is 5.92. The average Bonchev–Trinajstić information content (AvgIpc) is 2.92. The van der Waals surface area contributed by atoms with Crippen LogP contribution in [0, 0.1) is 0 Å². The summed E-state index contributed by atoms with van der Waals surface area (Å²) in [5, 5.41) is 13.4. The molecule has 5 heteroatoms. The van der Waals surface area contributed by atoms with Gasteiger partial charge >= 0.3 is 0 Å². The quantitative estimate of drug-likeness (QED) is 0.679. The van der Waals surface area contributed by atoms with Gasteiger partial charge in [-0.05, 0) is 17.7 Å². The summed E-state index contributed by atoms with van der Waals surface area (Å²) < 4.78 is 0. The number of aliphatic hydroxyl groups is 1. The van der Waals surface area contributed by atoms with Crippen LogP contribution in [-0.2, 0) is 6.61 Å². The van der Waals surface area contributed by atoms with E-state index in [1.807, 2.05) is 24.3 Å². The first-order valence-electron chi connectivity index (χ1n) is 6.23. The molecule has 0 unspecified atom stereocenters. The van der Waals surface area contributed by atoms with Crippen molar-refractivity contribution < 1.29 is 5.11 Å². The van der Waals surface area contributed by atoms with Crippen molar-refractivity contribution in [3.05, 3.63) is 54.5 Å². The maximum Gasteiger partial charge on any atom is 0.143 e. The van der Waals surface area contributed by atoms with Crippen LogP contribution in [-0.4, -0.2) is 20.1 Å². The average molecular weight is 266 g/mol. The molecule has 5 nitrogen and oxygen atoms in total. The molecule has 2 aromatic heterocycles. The molecule has 100 valence electrons. The van der Waals surface area contributed by atoms with Crippen molar-refractivity contribution in [2.75, 3.05) is 5.32 Å². The third-order valence-electron chi connectivity index (χ3n) is 3.11. The normalized spacial score (nSPS) is 10.7. The topological polar surface area (TPSA) is 73.8 Å². The Morgan fingerprint density at radius 3 is 3.05 bits per heavy atom. The highest BCUT2D eigenvalue weighted by atomic mass is 16.3. The van der Waals surface area contributed by atoms with Gasteiger partial charge in [-0.3, -0.25) is 0 Å². The van der Waals surface area contributed by atoms with Gasteiger partial charge in [0.15, 0.2) is 0 Å². The zero-order valence-corrected chi connectivity index (χ0v) is 10.8. The summed E-state index contributed by atoms with van der Waals surface area (Å²) in [6.45, 7) is 3.70. The van der Waals surface area contributed by atoms with E-state index in [1.54, 1.807) is 12.3 Å². The molecule has 0 amide bonds. The molecule has 3 aromatic rings. The first-order chi connectivity index (χ1) is 9.81. The Morgan fingerprint density at radius 1 is 1.35 bits per heavy atom. The molecule has 0 fully saturated rings. The molecule has 0 aliphatic carbocycles. The lowest BCUT2D eigenvalue weighted by molar-refractivity contribution is 0.283. The molecule has 0 atom stereocenters. The van der Waals surface area contributed by atoms with Crippen LogP contribution >= 0.6 is 0 Å². The molecule has 0 aliphatic heterocycles. The van der Waals surface area contributed by atoms with Crippen molar-refractivity contribution in [2.45, 2.75) is 6.61 Å². The molecule has 0 radical (unpaired) electrons. The molecule has 0 spiro atoms. The number of aromatic amines is 1. The van der Waals surface area contributed by atoms with Crippen molar-refractivity contribution >= 4 is 28.6 Å². The van der Waals surface area contributed by atoms with Crippen molar-refractivity contribution in [2.24, 2.45) is 0 Å². The van der Waals surface area contributed by atoms with E-state index in [0.29, 0.717) is 11.5 Å². The standard InChI is InChI=1S/C15H14N4O/c1-2-10-4-3-5-12(6-10)19-15-13-11(8-20)7-16-14(13)17-9-18-15/h2-7,9,20H,1,8H2,(H2,16,17,18,19). The van der Waals surface area contributed by atoms with E-state index in [-0.39, 0.29) is 6.61 Å². The summed E-state index contributed by atoms with van der Waals surface area (Å²) in [6, 6.07) is 7.85. The molecule has 0 aliphatic rings. The lowest BCUT2D eigenvalue weighted by Gasteiger charge is -2.08. The second kappa shape index (κ2) is 5.14. The van der Waals surface area contributed by atoms with Gasteiger partial charge in [0, 0.05) is 17.4 Å². The zero-order chi connectivity index (χ0) is 13.9. The van der Waals surface area contributed by atoms with E-state index in [0.717, 1.165) is 22.2 Å². The van der Waals surface area contributed by atoms with E-state index in [9.17, 15) is 5.11 Å². The van der Waals surface area contributed by atoms with Crippen LogP contribution < -0.4 is 5.32 Å². The number of nitrogens with one attached hydrogen (secondary N) is 2. The predicted molar refractivity (Wildman–Crippen MR) is 79.6 cm³/mol. The Labute approximate surface area is 116 Å². The number of hydrogen-bond acceptors (Lipinski definition) is 4. The number of hydrogen-bond donors (Lipinski definition) is 3. The monoisotopic (exact) mass is 266 g/mol. The van der Waals surface area contributed by atoms with E-state index in [2.05, 4.69) is 26.8 Å². The van der Waals surface area contributed by atoms with Crippen LogP contribution in [0.25, 0.3) is 17.1 Å². The van der Waals surface area contributed by atoms with E-state index in [4.69, 9.17) is 0 Å². The summed E-state index contributed by atoms with van der Waals surface area (Å²) in [5.74, 6) is 0.668. The van der Waals surface area contributed by atoms with Gasteiger partial charge in [-0.2, -0.15) is 0 Å². The van der Waals surface area contributed by atoms with E-state index < -0.39 is 0 Å². The zero-order valence-electron chi connectivity index (χ0n) is 10.8. The fourth-order valence-corrected chi connectivity index (χ4v) is 2.13. The van der Waals surface area contributed by atoms with Gasteiger partial charge in [0.25, 0.3) is 0 Å². The summed E-state index contributed by atoms with van der Waals surface area (Å²) >= 11 is 0. The lowest BCUT2D eigenvalue weighted by Crippen LogP contribution is -1.96. The maximum atomic E-state index is 9.38. The summed E-state index contributed by atoms with van der Waals surface area (Å²) in [7, 11) is 0. The molecule has 0 saturated carbocycles. The molecule has 1 aromatic carbocycles. The third kappa shape index (κ3) is 2.15. The number of fused-ring (bicyclic) bond motifs is 1. The SMILES string of the molecule is C=Cc1cccc(Nc2ncnc3[nH]cc(CO)c23)c1. The number of benzene rings is 1. The van der Waals surface area contributed by atoms with Crippen LogP contribution in [0.4, 0.5) is 11.5 Å². The Hall–Kier alpha value is -2.66. The maximum absolute atomic E-state index is 9.38. The molecular formula is C15H14N4O. The summed E-state index contributed by atoms with van der Waals surface area (Å²) in [4.78, 5) is 11.4. The second-order valence-electron chi connectivity index (χ2n) is 4.37. The van der Waals surface area contributed by atoms with Gasteiger partial charge < -0.3 is 15.4 Å². The first kappa shape index (κ1) is 12.4. The fourth-order valence-electron chi connectivity index (χ4n) is 2.13. The highest BCUT2D eigenvalue weighted by Gasteiger charge is 2.10. The second-order valence-corrected chi connectivity index (χ2v) is 4.37. The van der Waals surface area contributed by atoms with E-state index in [1.165, 1.54) is 6.33 Å². The fraction of sp³-hybridized carbons (Fsp3) is 0.0667. The van der Waals surface area contributed by atoms with Gasteiger partial charge in [0.1, 0.15) is 17.8 Å². The van der Waals surface area contributed by atoms with Gasteiger partial charge in [-0.1, -0.05) is 24.8 Å². The van der Waals surface area contributed by atoms with Crippen LogP contribution in [0.15, 0.2) is 43.4 Å². The van der Waals surface area contributed by atoms with Crippen molar-refractivity contribution in [1.82, 2.24) is 15.0 Å². The molecule has 0 saturated heterocycles. The Morgan fingerprint density at radius 2 is 2.25 bits per heavy atom. The van der Waals surface area contributed by atoms with Crippen molar-refractivity contribution in [3.63, 3.8) is 0 Å². The number of aliphatic hydroxyl groups excluding tert-OH is 1. The number of anilines is 2. The molecular weight excluding hydrogens is 252 g/mol. The smallest absolute Gasteiger partial charge is 0.143 e. The number of rotatable bonds is 4. The Balaban J connectivity index is 2.05. The van der Waals surface area contributed by atoms with Crippen LogP contribution in [0.1, 0.15) is 11.1 Å². The van der Waals surface area contributed by atoms with Crippen molar-refractivity contribution in [3.8, 4) is 0 Å². The molecule has 2 heterocycles. The Bertz CT molecular complexity index is 763. The van der Waals surface area contributed by atoms with Crippen LogP contribution in [0.3, 0.4) is 0 Å². The molecule has 20 heavy (non-hydrogen) atoms.